The third kappa shape index (κ3) is 4.64. The quantitative estimate of drug-likeness (QED) is 0.452. The predicted octanol–water partition coefficient (Wildman–Crippen LogP) is 5.04. The normalized spacial score (nSPS) is 12.2. The molecule has 0 unspecified atom stereocenters. The number of nitrogens with one attached hydrogen (secondary N) is 1. The second-order valence-electron chi connectivity index (χ2n) is 8.62. The maximum atomic E-state index is 13.5. The van der Waals surface area contributed by atoms with Gasteiger partial charge in [0.1, 0.15) is 0 Å². The zero-order chi connectivity index (χ0) is 24.0. The largest absolute Gasteiger partial charge is 0.418 e. The van der Waals surface area contributed by atoms with Gasteiger partial charge in [-0.1, -0.05) is 26.8 Å². The minimum Gasteiger partial charge on any atom is -0.397 e. The zero-order valence-electron chi connectivity index (χ0n) is 18.1. The van der Waals surface area contributed by atoms with Crippen LogP contribution in [0.4, 0.5) is 24.5 Å². The van der Waals surface area contributed by atoms with Crippen LogP contribution in [0.15, 0.2) is 55.0 Å². The Morgan fingerprint density at radius 3 is 2.42 bits per heavy atom. The number of carbonyl (C=O) groups is 1. The number of benzene rings is 1. The van der Waals surface area contributed by atoms with E-state index in [4.69, 9.17) is 5.73 Å². The van der Waals surface area contributed by atoms with Gasteiger partial charge in [-0.3, -0.25) is 9.78 Å². The van der Waals surface area contributed by atoms with Gasteiger partial charge in [-0.2, -0.15) is 18.3 Å². The van der Waals surface area contributed by atoms with E-state index in [0.717, 1.165) is 6.07 Å². The maximum absolute atomic E-state index is 13.5. The van der Waals surface area contributed by atoms with Gasteiger partial charge < -0.3 is 11.1 Å². The molecule has 0 aliphatic rings. The van der Waals surface area contributed by atoms with Crippen molar-refractivity contribution in [2.24, 2.45) is 5.41 Å². The molecule has 170 valence electrons. The molecule has 3 heterocycles. The highest BCUT2D eigenvalue weighted by Crippen LogP contribution is 2.37. The maximum Gasteiger partial charge on any atom is 0.418 e. The topological polar surface area (TPSA) is 98.2 Å². The van der Waals surface area contributed by atoms with Crippen molar-refractivity contribution in [1.29, 1.82) is 0 Å². The number of nitrogens with two attached hydrogens (primary N) is 1. The van der Waals surface area contributed by atoms with Crippen molar-refractivity contribution < 1.29 is 18.0 Å². The minimum atomic E-state index is -4.63. The predicted molar refractivity (Wildman–Crippen MR) is 119 cm³/mol. The first-order valence-electron chi connectivity index (χ1n) is 10.0. The van der Waals surface area contributed by atoms with Crippen molar-refractivity contribution in [3.63, 3.8) is 0 Å². The fraction of sp³-hybridized carbons (Fsp3) is 0.217. The molecule has 0 saturated heterocycles. The van der Waals surface area contributed by atoms with E-state index < -0.39 is 23.1 Å². The Morgan fingerprint density at radius 2 is 1.76 bits per heavy atom. The third-order valence-corrected chi connectivity index (χ3v) is 4.93. The van der Waals surface area contributed by atoms with Crippen molar-refractivity contribution in [2.45, 2.75) is 26.9 Å². The molecule has 3 N–H and O–H groups in total. The zero-order valence-corrected chi connectivity index (χ0v) is 18.1. The van der Waals surface area contributed by atoms with Crippen LogP contribution in [0.3, 0.4) is 0 Å². The van der Waals surface area contributed by atoms with Crippen LogP contribution in [-0.2, 0) is 11.0 Å². The second-order valence-corrected chi connectivity index (χ2v) is 8.62. The average molecular weight is 454 g/mol. The van der Waals surface area contributed by atoms with Crippen molar-refractivity contribution in [3.05, 3.63) is 60.6 Å². The summed E-state index contributed by atoms with van der Waals surface area (Å²) in [6.07, 6.45) is 0.136. The number of alkyl halides is 3. The highest BCUT2D eigenvalue weighted by atomic mass is 19.4. The molecule has 0 saturated carbocycles. The smallest absolute Gasteiger partial charge is 0.397 e. The number of amides is 1. The van der Waals surface area contributed by atoms with Crippen LogP contribution in [0.25, 0.3) is 28.2 Å². The fourth-order valence-electron chi connectivity index (χ4n) is 3.14. The number of aromatic nitrogens is 4. The monoisotopic (exact) mass is 454 g/mol. The summed E-state index contributed by atoms with van der Waals surface area (Å²) in [6, 6.07) is 8.76. The number of carbonyl (C=O) groups excluding carboxylic acids is 1. The molecule has 0 radical (unpaired) electrons. The average Bonchev–Trinajstić information content (AvgIpc) is 3.15. The molecule has 0 atom stereocenters. The first-order chi connectivity index (χ1) is 15.4. The van der Waals surface area contributed by atoms with Gasteiger partial charge in [-0.15, -0.1) is 0 Å². The second kappa shape index (κ2) is 7.88. The highest BCUT2D eigenvalue weighted by molar-refractivity contribution is 5.96. The number of nitrogen functional groups attached to an aromatic ring is 1. The van der Waals surface area contributed by atoms with Crippen LogP contribution in [0.5, 0.6) is 0 Å². The molecule has 0 aliphatic carbocycles. The van der Waals surface area contributed by atoms with Gasteiger partial charge in [0.05, 0.1) is 34.5 Å². The van der Waals surface area contributed by atoms with Crippen LogP contribution in [-0.4, -0.2) is 25.5 Å². The van der Waals surface area contributed by atoms with Crippen LogP contribution >= 0.6 is 0 Å². The van der Waals surface area contributed by atoms with E-state index in [-0.39, 0.29) is 5.69 Å². The fourth-order valence-corrected chi connectivity index (χ4v) is 3.14. The Kier molecular flexibility index (Phi) is 5.31. The Balaban J connectivity index is 1.75. The van der Waals surface area contributed by atoms with Gasteiger partial charge in [-0.05, 0) is 30.3 Å². The van der Waals surface area contributed by atoms with E-state index in [0.29, 0.717) is 33.8 Å². The van der Waals surface area contributed by atoms with Crippen LogP contribution < -0.4 is 11.1 Å². The lowest BCUT2D eigenvalue weighted by atomic mass is 9.95. The SMILES string of the molecule is CC(C)(C)C(=O)Nc1cc(-c2cn3nc(-c4cncc(N)c4)ccc3n2)ccc1C(F)(F)F. The third-order valence-electron chi connectivity index (χ3n) is 4.93. The Morgan fingerprint density at radius 1 is 1.00 bits per heavy atom. The summed E-state index contributed by atoms with van der Waals surface area (Å²) in [5.41, 5.74) is 6.81. The van der Waals surface area contributed by atoms with Gasteiger partial charge in [0.25, 0.3) is 0 Å². The number of imidazole rings is 1. The van der Waals surface area contributed by atoms with Gasteiger partial charge in [0.2, 0.25) is 5.91 Å². The number of hydrogen-bond donors (Lipinski definition) is 2. The van der Waals surface area contributed by atoms with Crippen LogP contribution in [0.2, 0.25) is 0 Å². The van der Waals surface area contributed by atoms with E-state index >= 15 is 0 Å². The number of nitrogens with zero attached hydrogens (tertiary/aromatic N) is 4. The Bertz CT molecular complexity index is 1350. The van der Waals surface area contributed by atoms with Gasteiger partial charge in [0.15, 0.2) is 5.65 Å². The Hall–Kier alpha value is -3.95. The number of anilines is 2. The lowest BCUT2D eigenvalue weighted by Crippen LogP contribution is -2.28. The molecule has 0 spiro atoms. The van der Waals surface area contributed by atoms with E-state index in [1.807, 2.05) is 0 Å². The minimum absolute atomic E-state index is 0.323. The van der Waals surface area contributed by atoms with Crippen molar-refractivity contribution >= 4 is 22.9 Å². The molecule has 4 aromatic rings. The molecule has 10 heteroatoms. The number of halogens is 3. The van der Waals surface area contributed by atoms with Crippen molar-refractivity contribution in [3.8, 4) is 22.5 Å². The summed E-state index contributed by atoms with van der Waals surface area (Å²) < 4.78 is 42.1. The molecule has 1 aromatic carbocycles. The summed E-state index contributed by atoms with van der Waals surface area (Å²) >= 11 is 0. The summed E-state index contributed by atoms with van der Waals surface area (Å²) in [5.74, 6) is -0.526. The number of rotatable bonds is 3. The van der Waals surface area contributed by atoms with Gasteiger partial charge in [-0.25, -0.2) is 9.50 Å². The number of hydrogen-bond acceptors (Lipinski definition) is 5. The van der Waals surface area contributed by atoms with E-state index in [1.54, 1.807) is 51.4 Å². The van der Waals surface area contributed by atoms with Crippen molar-refractivity contribution in [1.82, 2.24) is 19.6 Å². The molecule has 1 amide bonds. The van der Waals surface area contributed by atoms with E-state index in [2.05, 4.69) is 20.4 Å². The molecule has 3 aromatic heterocycles. The molecule has 33 heavy (non-hydrogen) atoms. The van der Waals surface area contributed by atoms with Gasteiger partial charge >= 0.3 is 6.18 Å². The molecule has 0 aliphatic heterocycles. The first kappa shape index (κ1) is 22.3. The van der Waals surface area contributed by atoms with Crippen molar-refractivity contribution in [2.75, 3.05) is 11.1 Å². The van der Waals surface area contributed by atoms with E-state index in [1.165, 1.54) is 22.8 Å². The van der Waals surface area contributed by atoms with E-state index in [9.17, 15) is 18.0 Å². The summed E-state index contributed by atoms with van der Waals surface area (Å²) in [7, 11) is 0. The summed E-state index contributed by atoms with van der Waals surface area (Å²) in [5, 5.41) is 6.91. The number of fused-ring (bicyclic) bond motifs is 1. The molecule has 4 rings (SSSR count). The lowest BCUT2D eigenvalue weighted by Gasteiger charge is -2.20. The van der Waals surface area contributed by atoms with Crippen LogP contribution in [0.1, 0.15) is 26.3 Å². The summed E-state index contributed by atoms with van der Waals surface area (Å²) in [6.45, 7) is 4.88. The number of pyridine rings is 1. The lowest BCUT2D eigenvalue weighted by molar-refractivity contribution is -0.137. The van der Waals surface area contributed by atoms with Crippen LogP contribution in [0, 0.1) is 5.41 Å². The van der Waals surface area contributed by atoms with Gasteiger partial charge in [0, 0.05) is 28.9 Å². The Labute approximate surface area is 187 Å². The molecule has 7 nitrogen and oxygen atoms in total. The highest BCUT2D eigenvalue weighted by Gasteiger charge is 2.35. The molecular weight excluding hydrogens is 433 g/mol. The summed E-state index contributed by atoms with van der Waals surface area (Å²) in [4.78, 5) is 20.9. The molecule has 0 bridgehead atoms. The standard InChI is InChI=1S/C23H21F3N6O/c1-22(2,3)21(33)30-18-9-13(4-5-16(18)23(24,25)26)19-12-32-20(29-19)7-6-17(31-32)14-8-15(27)11-28-10-14/h4-12H,27H2,1-3H3,(H,30,33). The molecular formula is C23H21F3N6O. The first-order valence-corrected chi connectivity index (χ1v) is 10.0. The molecule has 0 fully saturated rings.